The molecule has 0 nitrogen and oxygen atoms in total. The summed E-state index contributed by atoms with van der Waals surface area (Å²) in [6.45, 7) is 0. The minimum Gasteiger partial charge on any atom is -0.133 e. The standard InChI is InChI=1S/C16H11Si/c17-12-11-16(15-9-5-2-6-10-15)13-14-7-3-1-4-8-14/h1-10,13H/b16-13-. The Kier molecular flexibility index (Phi) is 3.96. The Balaban J connectivity index is 2.43. The molecule has 3 radical (unpaired) electrons. The molecule has 0 heterocycles. The van der Waals surface area contributed by atoms with Crippen molar-refractivity contribution in [2.24, 2.45) is 0 Å². The molecule has 2 rings (SSSR count). The fourth-order valence-corrected chi connectivity index (χ4v) is 1.73. The van der Waals surface area contributed by atoms with Crippen LogP contribution >= 0.6 is 0 Å². The Morgan fingerprint density at radius 3 is 2.06 bits per heavy atom. The highest BCUT2D eigenvalue weighted by Crippen LogP contribution is 2.16. The van der Waals surface area contributed by atoms with Gasteiger partial charge in [-0.05, 0) is 17.2 Å². The lowest BCUT2D eigenvalue weighted by Gasteiger charge is -2.00. The Hall–Kier alpha value is -2.04. The van der Waals surface area contributed by atoms with Gasteiger partial charge in [-0.3, -0.25) is 0 Å². The molecule has 0 aliphatic rings. The van der Waals surface area contributed by atoms with E-state index in [1.807, 2.05) is 36.4 Å². The second kappa shape index (κ2) is 5.88. The zero-order valence-corrected chi connectivity index (χ0v) is 10.4. The highest BCUT2D eigenvalue weighted by Gasteiger charge is 1.97. The van der Waals surface area contributed by atoms with Crippen LogP contribution in [0.15, 0.2) is 60.7 Å². The number of hydrogen-bond acceptors (Lipinski definition) is 0. The van der Waals surface area contributed by atoms with E-state index in [0.29, 0.717) is 0 Å². The molecule has 0 saturated carbocycles. The van der Waals surface area contributed by atoms with Gasteiger partial charge in [0.15, 0.2) is 0 Å². The van der Waals surface area contributed by atoms with Gasteiger partial charge in [0.2, 0.25) is 0 Å². The molecule has 0 fully saturated rings. The molecule has 0 aromatic heterocycles. The second-order valence-corrected chi connectivity index (χ2v) is 3.83. The van der Waals surface area contributed by atoms with E-state index < -0.39 is 0 Å². The van der Waals surface area contributed by atoms with Gasteiger partial charge in [0.05, 0.1) is 0 Å². The topological polar surface area (TPSA) is 0 Å². The molecule has 0 N–H and O–H groups in total. The Bertz CT molecular complexity index is 557. The van der Waals surface area contributed by atoms with E-state index >= 15 is 0 Å². The van der Waals surface area contributed by atoms with Crippen molar-refractivity contribution in [1.29, 1.82) is 0 Å². The lowest BCUT2D eigenvalue weighted by molar-refractivity contribution is 1.62. The van der Waals surface area contributed by atoms with E-state index in [2.05, 4.69) is 52.0 Å². The molecule has 0 spiro atoms. The van der Waals surface area contributed by atoms with Crippen molar-refractivity contribution < 1.29 is 0 Å². The van der Waals surface area contributed by atoms with Crippen LogP contribution in [-0.2, 0) is 0 Å². The third kappa shape index (κ3) is 3.20. The molecule has 2 aromatic rings. The zero-order valence-electron chi connectivity index (χ0n) is 9.35. The molecule has 0 saturated heterocycles. The molecule has 0 atom stereocenters. The molecule has 0 aliphatic carbocycles. The van der Waals surface area contributed by atoms with Crippen molar-refractivity contribution >= 4 is 21.9 Å². The van der Waals surface area contributed by atoms with Gasteiger partial charge < -0.3 is 0 Å². The Morgan fingerprint density at radius 1 is 0.882 bits per heavy atom. The van der Waals surface area contributed by atoms with Crippen LogP contribution in [-0.4, -0.2) is 10.2 Å². The summed E-state index contributed by atoms with van der Waals surface area (Å²) >= 11 is 0. The minimum absolute atomic E-state index is 1.01. The van der Waals surface area contributed by atoms with Crippen LogP contribution in [0.5, 0.6) is 0 Å². The lowest BCUT2D eigenvalue weighted by atomic mass is 10.0. The number of hydrogen-bond donors (Lipinski definition) is 0. The average Bonchev–Trinajstić information content (AvgIpc) is 2.40. The van der Waals surface area contributed by atoms with Crippen molar-refractivity contribution in [3.05, 3.63) is 71.8 Å². The monoisotopic (exact) mass is 231 g/mol. The number of allylic oxidation sites excluding steroid dienone is 1. The summed E-state index contributed by atoms with van der Waals surface area (Å²) in [6, 6.07) is 20.4. The van der Waals surface area contributed by atoms with E-state index in [1.165, 1.54) is 0 Å². The highest BCUT2D eigenvalue weighted by molar-refractivity contribution is 6.23. The van der Waals surface area contributed by atoms with E-state index in [4.69, 9.17) is 0 Å². The Labute approximate surface area is 105 Å². The van der Waals surface area contributed by atoms with Crippen molar-refractivity contribution in [3.63, 3.8) is 0 Å². The first-order chi connectivity index (χ1) is 8.40. The normalized spacial score (nSPS) is 10.5. The predicted molar refractivity (Wildman–Crippen MR) is 74.3 cm³/mol. The van der Waals surface area contributed by atoms with Crippen LogP contribution in [0, 0.1) is 11.5 Å². The van der Waals surface area contributed by atoms with E-state index in [-0.39, 0.29) is 0 Å². The minimum atomic E-state index is 1.01. The van der Waals surface area contributed by atoms with Crippen LogP contribution in [0.2, 0.25) is 0 Å². The first-order valence-corrected chi connectivity index (χ1v) is 5.90. The number of rotatable bonds is 2. The lowest BCUT2D eigenvalue weighted by Crippen LogP contribution is -1.81. The summed E-state index contributed by atoms with van der Waals surface area (Å²) in [5, 5.41) is 0. The van der Waals surface area contributed by atoms with Crippen molar-refractivity contribution in [2.75, 3.05) is 0 Å². The Morgan fingerprint density at radius 2 is 1.47 bits per heavy atom. The quantitative estimate of drug-likeness (QED) is 0.422. The molecule has 2 aromatic carbocycles. The first-order valence-electron chi connectivity index (χ1n) is 5.40. The number of benzene rings is 2. The zero-order chi connectivity index (χ0) is 11.9. The van der Waals surface area contributed by atoms with E-state index in [1.54, 1.807) is 0 Å². The van der Waals surface area contributed by atoms with Crippen LogP contribution in [0.4, 0.5) is 0 Å². The summed E-state index contributed by atoms with van der Waals surface area (Å²) in [7, 11) is 3.21. The molecule has 0 amide bonds. The van der Waals surface area contributed by atoms with Crippen molar-refractivity contribution in [1.82, 2.24) is 0 Å². The SMILES string of the molecule is [Si]C#C/C(=C/c1ccccc1)c1ccccc1. The third-order valence-electron chi connectivity index (χ3n) is 2.39. The fraction of sp³-hybridized carbons (Fsp3) is 0. The predicted octanol–water partition coefficient (Wildman–Crippen LogP) is 3.36. The van der Waals surface area contributed by atoms with Gasteiger partial charge in [-0.15, -0.1) is 5.54 Å². The van der Waals surface area contributed by atoms with Gasteiger partial charge in [-0.1, -0.05) is 66.6 Å². The maximum Gasteiger partial charge on any atom is 0.147 e. The van der Waals surface area contributed by atoms with Gasteiger partial charge >= 0.3 is 0 Å². The fourth-order valence-electron chi connectivity index (χ4n) is 1.59. The molecule has 17 heavy (non-hydrogen) atoms. The smallest absolute Gasteiger partial charge is 0.133 e. The van der Waals surface area contributed by atoms with Crippen molar-refractivity contribution in [2.45, 2.75) is 0 Å². The molecular formula is C16H11Si. The second-order valence-electron chi connectivity index (χ2n) is 3.58. The van der Waals surface area contributed by atoms with Gasteiger partial charge in [-0.2, -0.15) is 0 Å². The maximum absolute atomic E-state index is 3.21. The molecule has 0 bridgehead atoms. The average molecular weight is 231 g/mol. The van der Waals surface area contributed by atoms with Crippen molar-refractivity contribution in [3.8, 4) is 11.5 Å². The summed E-state index contributed by atoms with van der Waals surface area (Å²) < 4.78 is 0. The van der Waals surface area contributed by atoms with Crippen LogP contribution in [0.25, 0.3) is 11.6 Å². The molecule has 0 unspecified atom stereocenters. The van der Waals surface area contributed by atoms with Gasteiger partial charge in [0, 0.05) is 5.57 Å². The van der Waals surface area contributed by atoms with Crippen LogP contribution in [0.3, 0.4) is 0 Å². The van der Waals surface area contributed by atoms with Gasteiger partial charge in [-0.25, -0.2) is 0 Å². The summed E-state index contributed by atoms with van der Waals surface area (Å²) in [5.74, 6) is 3.07. The van der Waals surface area contributed by atoms with Gasteiger partial charge in [0.1, 0.15) is 10.2 Å². The molecular weight excluding hydrogens is 220 g/mol. The molecule has 0 aliphatic heterocycles. The summed E-state index contributed by atoms with van der Waals surface area (Å²) in [4.78, 5) is 0. The summed E-state index contributed by atoms with van der Waals surface area (Å²) in [6.07, 6.45) is 2.09. The summed E-state index contributed by atoms with van der Waals surface area (Å²) in [5.41, 5.74) is 6.06. The third-order valence-corrected chi connectivity index (χ3v) is 2.52. The molecule has 79 valence electrons. The van der Waals surface area contributed by atoms with E-state index in [9.17, 15) is 0 Å². The first kappa shape index (κ1) is 11.4. The maximum atomic E-state index is 3.21. The highest BCUT2D eigenvalue weighted by atomic mass is 28.1. The largest absolute Gasteiger partial charge is 0.147 e. The van der Waals surface area contributed by atoms with Crippen LogP contribution < -0.4 is 0 Å². The molecule has 1 heteroatoms. The van der Waals surface area contributed by atoms with Crippen LogP contribution in [0.1, 0.15) is 11.1 Å². The van der Waals surface area contributed by atoms with Gasteiger partial charge in [0.25, 0.3) is 0 Å². The van der Waals surface area contributed by atoms with E-state index in [0.717, 1.165) is 16.7 Å².